The number of fused-ring (bicyclic) bond motifs is 3. The molecule has 1 unspecified atom stereocenters. The summed E-state index contributed by atoms with van der Waals surface area (Å²) in [4.78, 5) is 34.6. The van der Waals surface area contributed by atoms with Crippen molar-refractivity contribution in [3.8, 4) is 22.8 Å². The van der Waals surface area contributed by atoms with Crippen molar-refractivity contribution in [1.82, 2.24) is 4.57 Å². The van der Waals surface area contributed by atoms with Gasteiger partial charge in [0.2, 0.25) is 0 Å². The average molecular weight is 372 g/mol. The molecule has 2 aromatic rings. The highest BCUT2D eigenvalue weighted by atomic mass is 16.5. The van der Waals surface area contributed by atoms with E-state index in [4.69, 9.17) is 15.2 Å². The minimum absolute atomic E-state index is 0.0106. The van der Waals surface area contributed by atoms with E-state index in [-0.39, 0.29) is 18.2 Å². The van der Waals surface area contributed by atoms with E-state index in [0.717, 1.165) is 17.5 Å². The summed E-state index contributed by atoms with van der Waals surface area (Å²) in [6.07, 6.45) is 2.77. The summed E-state index contributed by atoms with van der Waals surface area (Å²) < 4.78 is 12.6. The minimum atomic E-state index is -1.25. The van der Waals surface area contributed by atoms with Gasteiger partial charge in [0, 0.05) is 23.9 Å². The van der Waals surface area contributed by atoms with Gasteiger partial charge in [-0.25, -0.2) is 4.79 Å². The van der Waals surface area contributed by atoms with Crippen LogP contribution in [0.1, 0.15) is 35.3 Å². The highest BCUT2D eigenvalue weighted by Crippen LogP contribution is 2.41. The molecule has 8 heteroatoms. The predicted molar refractivity (Wildman–Crippen MR) is 97.4 cm³/mol. The molecule has 3 N–H and O–H groups in total. The molecule has 1 aliphatic rings. The van der Waals surface area contributed by atoms with Crippen molar-refractivity contribution in [1.29, 1.82) is 0 Å². The molecule has 27 heavy (non-hydrogen) atoms. The number of pyridine rings is 1. The topological polar surface area (TPSA) is 121 Å². The van der Waals surface area contributed by atoms with Gasteiger partial charge in [-0.15, -0.1) is 0 Å². The number of hydrogen-bond acceptors (Lipinski definition) is 5. The van der Waals surface area contributed by atoms with Crippen molar-refractivity contribution in [2.75, 3.05) is 13.7 Å². The van der Waals surface area contributed by atoms with Gasteiger partial charge in [-0.3, -0.25) is 9.59 Å². The number of hydrogen-bond donors (Lipinski definition) is 2. The van der Waals surface area contributed by atoms with E-state index >= 15 is 0 Å². The molecule has 0 fully saturated rings. The van der Waals surface area contributed by atoms with Crippen molar-refractivity contribution < 1.29 is 24.2 Å². The molecule has 1 amide bonds. The normalized spacial score (nSPS) is 14.8. The number of aromatic nitrogens is 1. The van der Waals surface area contributed by atoms with Crippen LogP contribution in [-0.2, 0) is 11.2 Å². The van der Waals surface area contributed by atoms with Crippen LogP contribution in [0.5, 0.6) is 11.5 Å². The summed E-state index contributed by atoms with van der Waals surface area (Å²) in [6, 6.07) is 4.83. The Bertz CT molecular complexity index is 979. The summed E-state index contributed by atoms with van der Waals surface area (Å²) in [5, 5.41) is 9.26. The molecule has 0 radical (unpaired) electrons. The van der Waals surface area contributed by atoms with Crippen LogP contribution < -0.4 is 20.6 Å². The zero-order valence-corrected chi connectivity index (χ0v) is 15.0. The first-order chi connectivity index (χ1) is 12.8. The van der Waals surface area contributed by atoms with Gasteiger partial charge in [-0.2, -0.15) is 0 Å². The van der Waals surface area contributed by atoms with E-state index in [2.05, 4.69) is 0 Å². The Balaban J connectivity index is 2.18. The van der Waals surface area contributed by atoms with E-state index in [1.54, 1.807) is 12.1 Å². The number of nitrogens with zero attached hydrogens (tertiary/aromatic N) is 1. The molecular weight excluding hydrogens is 352 g/mol. The third kappa shape index (κ3) is 3.38. The summed E-state index contributed by atoms with van der Waals surface area (Å²) in [7, 11) is 1.47. The van der Waals surface area contributed by atoms with E-state index in [0.29, 0.717) is 23.6 Å². The van der Waals surface area contributed by atoms with Gasteiger partial charge >= 0.3 is 5.97 Å². The van der Waals surface area contributed by atoms with Crippen molar-refractivity contribution in [3.63, 3.8) is 0 Å². The second-order valence-electron chi connectivity index (χ2n) is 6.33. The third-order valence-electron chi connectivity index (χ3n) is 4.67. The maximum Gasteiger partial charge on any atom is 0.341 e. The lowest BCUT2D eigenvalue weighted by Gasteiger charge is -2.31. The average Bonchev–Trinajstić information content (AvgIpc) is 2.64. The summed E-state index contributed by atoms with van der Waals surface area (Å²) >= 11 is 0. The molecule has 0 bridgehead atoms. The third-order valence-corrected chi connectivity index (χ3v) is 4.67. The fourth-order valence-electron chi connectivity index (χ4n) is 3.35. The highest BCUT2D eigenvalue weighted by Gasteiger charge is 2.27. The fourth-order valence-corrected chi connectivity index (χ4v) is 3.35. The molecule has 8 nitrogen and oxygen atoms in total. The van der Waals surface area contributed by atoms with Crippen LogP contribution in [0.25, 0.3) is 11.3 Å². The number of carbonyl (C=O) groups excluding carboxylic acids is 1. The van der Waals surface area contributed by atoms with Crippen molar-refractivity contribution in [2.24, 2.45) is 5.73 Å². The summed E-state index contributed by atoms with van der Waals surface area (Å²) in [6.45, 7) is 1.72. The van der Waals surface area contributed by atoms with Crippen LogP contribution in [0, 0.1) is 0 Å². The highest BCUT2D eigenvalue weighted by molar-refractivity contribution is 5.88. The van der Waals surface area contributed by atoms with Crippen LogP contribution in [0.15, 0.2) is 29.2 Å². The summed E-state index contributed by atoms with van der Waals surface area (Å²) in [5.41, 5.74) is 6.64. The van der Waals surface area contributed by atoms with Crippen LogP contribution >= 0.6 is 0 Å². The Hall–Kier alpha value is -3.29. The monoisotopic (exact) mass is 372 g/mol. The molecule has 0 saturated carbocycles. The molecule has 2 heterocycles. The number of ether oxygens (including phenoxy) is 2. The number of rotatable bonds is 6. The zero-order valence-electron chi connectivity index (χ0n) is 15.0. The summed E-state index contributed by atoms with van der Waals surface area (Å²) in [5.74, 6) is -1.06. The Morgan fingerprint density at radius 3 is 2.63 bits per heavy atom. The van der Waals surface area contributed by atoms with Gasteiger partial charge in [0.15, 0.2) is 23.5 Å². The van der Waals surface area contributed by atoms with Crippen molar-refractivity contribution in [2.45, 2.75) is 25.8 Å². The smallest absolute Gasteiger partial charge is 0.341 e. The zero-order chi connectivity index (χ0) is 19.7. The second kappa shape index (κ2) is 7.14. The molecular formula is C19H20N2O6. The molecule has 3 rings (SSSR count). The Kier molecular flexibility index (Phi) is 4.89. The fraction of sp³-hybridized carbons (Fsp3) is 0.316. The first-order valence-electron chi connectivity index (χ1n) is 8.47. The van der Waals surface area contributed by atoms with Gasteiger partial charge in [-0.05, 0) is 30.5 Å². The van der Waals surface area contributed by atoms with Gasteiger partial charge in [0.05, 0.1) is 12.8 Å². The minimum Gasteiger partial charge on any atom is -0.493 e. The number of carbonyl (C=O) groups is 2. The number of carboxylic acids is 1. The number of nitrogens with two attached hydrogens (primary N) is 1. The maximum absolute atomic E-state index is 12.2. The van der Waals surface area contributed by atoms with E-state index < -0.39 is 17.3 Å². The van der Waals surface area contributed by atoms with Gasteiger partial charge in [0.1, 0.15) is 5.56 Å². The van der Waals surface area contributed by atoms with Crippen LogP contribution in [0.2, 0.25) is 0 Å². The molecule has 1 aliphatic heterocycles. The number of aromatic carboxylic acids is 1. The van der Waals surface area contributed by atoms with Gasteiger partial charge < -0.3 is 24.9 Å². The molecule has 142 valence electrons. The second-order valence-corrected chi connectivity index (χ2v) is 6.33. The predicted octanol–water partition coefficient (Wildman–Crippen LogP) is 1.59. The molecule has 1 aromatic heterocycles. The van der Waals surface area contributed by atoms with Crippen LogP contribution in [-0.4, -0.2) is 35.3 Å². The van der Waals surface area contributed by atoms with Crippen LogP contribution in [0.3, 0.4) is 0 Å². The Morgan fingerprint density at radius 2 is 2.04 bits per heavy atom. The number of primary amides is 1. The van der Waals surface area contributed by atoms with Crippen molar-refractivity contribution >= 4 is 11.9 Å². The lowest BCUT2D eigenvalue weighted by molar-refractivity contribution is -0.119. The number of benzene rings is 1. The molecule has 0 saturated heterocycles. The van der Waals surface area contributed by atoms with Crippen LogP contribution in [0.4, 0.5) is 0 Å². The Labute approximate surface area is 155 Å². The number of amides is 1. The molecule has 1 aromatic carbocycles. The van der Waals surface area contributed by atoms with E-state index in [9.17, 15) is 19.5 Å². The molecule has 0 aliphatic carbocycles. The lowest BCUT2D eigenvalue weighted by atomic mass is 9.90. The number of carboxylic acid groups (broad SMARTS) is 1. The standard InChI is InChI=1S/C19H20N2O6/c1-3-11-4-10-5-17(27-9-18(20)23)16(26-2)6-12(10)14-7-15(22)13(19(24)25)8-21(11)14/h5-8,11H,3-4,9H2,1-2H3,(H2,20,23)(H,24,25). The molecule has 1 atom stereocenters. The van der Waals surface area contributed by atoms with E-state index in [1.165, 1.54) is 19.4 Å². The molecule has 0 spiro atoms. The van der Waals surface area contributed by atoms with Crippen molar-refractivity contribution in [3.05, 3.63) is 45.7 Å². The first-order valence-corrected chi connectivity index (χ1v) is 8.47. The SMILES string of the molecule is CCC1Cc2cc(OCC(N)=O)c(OC)cc2-c2cc(=O)c(C(=O)O)cn21. The van der Waals surface area contributed by atoms with Gasteiger partial charge in [-0.1, -0.05) is 6.92 Å². The Morgan fingerprint density at radius 1 is 1.30 bits per heavy atom. The van der Waals surface area contributed by atoms with Gasteiger partial charge in [0.25, 0.3) is 5.91 Å². The lowest BCUT2D eigenvalue weighted by Crippen LogP contribution is -2.25. The van der Waals surface area contributed by atoms with E-state index in [1.807, 2.05) is 11.5 Å². The number of methoxy groups -OCH3 is 1. The first kappa shape index (κ1) is 18.5. The maximum atomic E-state index is 12.2. The quantitative estimate of drug-likeness (QED) is 0.794. The largest absolute Gasteiger partial charge is 0.493 e.